The van der Waals surface area contributed by atoms with Crippen molar-refractivity contribution in [3.05, 3.63) is 84.9 Å². The van der Waals surface area contributed by atoms with E-state index in [1.807, 2.05) is 0 Å². The van der Waals surface area contributed by atoms with Crippen molar-refractivity contribution in [1.29, 1.82) is 0 Å². The highest BCUT2D eigenvalue weighted by atomic mass is 31.1. The molecule has 0 radical (unpaired) electrons. The van der Waals surface area contributed by atoms with Gasteiger partial charge in [0.1, 0.15) is 5.30 Å². The standard InChI is InChI=1S/C29H35P/c1-22(2)27-19-18-23(3)20-25(27)21-30(26-14-8-5-9-15-26)29-17-11-10-16-28(29)24-12-6-4-7-13-24/h4-17,22-23,25,27H,18-21H2,1-3H3/p+1. The minimum Gasteiger partial charge on any atom is -0.0625 e. The van der Waals surface area contributed by atoms with E-state index in [9.17, 15) is 0 Å². The van der Waals surface area contributed by atoms with Crippen LogP contribution in [0.3, 0.4) is 0 Å². The Morgan fingerprint density at radius 3 is 2.13 bits per heavy atom. The van der Waals surface area contributed by atoms with Gasteiger partial charge in [-0.05, 0) is 60.3 Å². The summed E-state index contributed by atoms with van der Waals surface area (Å²) in [5.41, 5.74) is 2.78. The summed E-state index contributed by atoms with van der Waals surface area (Å²) in [5, 5.41) is 3.15. The molecule has 0 bridgehead atoms. The predicted molar refractivity (Wildman–Crippen MR) is 136 cm³/mol. The molecule has 1 aliphatic rings. The smallest absolute Gasteiger partial charge is 0.0625 e. The van der Waals surface area contributed by atoms with Gasteiger partial charge in [0.2, 0.25) is 0 Å². The molecule has 0 heterocycles. The third-order valence-electron chi connectivity index (χ3n) is 7.09. The van der Waals surface area contributed by atoms with Crippen molar-refractivity contribution in [3.63, 3.8) is 0 Å². The van der Waals surface area contributed by atoms with Gasteiger partial charge in [-0.15, -0.1) is 0 Å². The van der Waals surface area contributed by atoms with Gasteiger partial charge in [0, 0.05) is 5.56 Å². The molecule has 3 aromatic carbocycles. The van der Waals surface area contributed by atoms with E-state index >= 15 is 0 Å². The van der Waals surface area contributed by atoms with Gasteiger partial charge in [-0.1, -0.05) is 93.9 Å². The second-order valence-electron chi connectivity index (χ2n) is 9.55. The van der Waals surface area contributed by atoms with Gasteiger partial charge in [-0.2, -0.15) is 0 Å². The fraction of sp³-hybridized carbons (Fsp3) is 0.379. The highest BCUT2D eigenvalue weighted by Gasteiger charge is 2.37. The molecular weight excluding hydrogens is 379 g/mol. The Labute approximate surface area is 184 Å². The van der Waals surface area contributed by atoms with Crippen LogP contribution in [0.4, 0.5) is 0 Å². The molecule has 0 amide bonds. The lowest BCUT2D eigenvalue weighted by molar-refractivity contribution is 0.161. The molecule has 1 fully saturated rings. The Morgan fingerprint density at radius 1 is 0.800 bits per heavy atom. The van der Waals surface area contributed by atoms with Crippen molar-refractivity contribution in [3.8, 4) is 11.1 Å². The maximum atomic E-state index is 2.47. The van der Waals surface area contributed by atoms with Crippen molar-refractivity contribution in [2.75, 3.05) is 6.16 Å². The molecule has 4 unspecified atom stereocenters. The normalized spacial score (nSPS) is 22.7. The molecule has 1 saturated carbocycles. The van der Waals surface area contributed by atoms with E-state index in [4.69, 9.17) is 0 Å². The third kappa shape index (κ3) is 4.87. The van der Waals surface area contributed by atoms with E-state index < -0.39 is 7.92 Å². The quantitative estimate of drug-likeness (QED) is 0.373. The molecule has 1 aliphatic carbocycles. The predicted octanol–water partition coefficient (Wildman–Crippen LogP) is 7.23. The maximum absolute atomic E-state index is 2.47. The summed E-state index contributed by atoms with van der Waals surface area (Å²) < 4.78 is 0. The van der Waals surface area contributed by atoms with Gasteiger partial charge >= 0.3 is 0 Å². The van der Waals surface area contributed by atoms with Gasteiger partial charge < -0.3 is 0 Å². The van der Waals surface area contributed by atoms with Crippen LogP contribution in [0.15, 0.2) is 84.9 Å². The van der Waals surface area contributed by atoms with Crippen molar-refractivity contribution in [1.82, 2.24) is 0 Å². The first-order valence-electron chi connectivity index (χ1n) is 11.7. The van der Waals surface area contributed by atoms with Crippen molar-refractivity contribution in [2.24, 2.45) is 23.7 Å². The summed E-state index contributed by atoms with van der Waals surface area (Å²) in [6.07, 6.45) is 5.57. The number of rotatable bonds is 6. The lowest BCUT2D eigenvalue weighted by Gasteiger charge is -2.37. The van der Waals surface area contributed by atoms with Crippen LogP contribution in [-0.2, 0) is 0 Å². The average molecular weight is 416 g/mol. The summed E-state index contributed by atoms with van der Waals surface area (Å²) in [4.78, 5) is 0. The zero-order valence-electron chi connectivity index (χ0n) is 18.7. The van der Waals surface area contributed by atoms with Crippen LogP contribution in [0.1, 0.15) is 40.0 Å². The SMILES string of the molecule is CC1CCC(C(C)C)C(C[PH+](c2ccccc2)c2ccccc2-c2ccccc2)C1. The second-order valence-corrected chi connectivity index (χ2v) is 12.0. The minimum absolute atomic E-state index is 0.783. The largest absolute Gasteiger partial charge is 0.104 e. The Kier molecular flexibility index (Phi) is 7.06. The van der Waals surface area contributed by atoms with Crippen molar-refractivity contribution in [2.45, 2.75) is 40.0 Å². The molecule has 4 rings (SSSR count). The summed E-state index contributed by atoms with van der Waals surface area (Å²) in [5.74, 6) is 3.36. The van der Waals surface area contributed by atoms with E-state index in [1.165, 1.54) is 36.6 Å². The lowest BCUT2D eigenvalue weighted by atomic mass is 9.71. The van der Waals surface area contributed by atoms with Gasteiger partial charge in [-0.3, -0.25) is 0 Å². The van der Waals surface area contributed by atoms with Gasteiger partial charge in [0.15, 0.2) is 0 Å². The van der Waals surface area contributed by atoms with E-state index in [0.29, 0.717) is 0 Å². The summed E-state index contributed by atoms with van der Waals surface area (Å²) in [7, 11) is -0.864. The molecule has 0 saturated heterocycles. The molecule has 0 nitrogen and oxygen atoms in total. The Morgan fingerprint density at radius 2 is 1.43 bits per heavy atom. The molecule has 0 spiro atoms. The number of hydrogen-bond donors (Lipinski definition) is 0. The molecule has 0 aliphatic heterocycles. The third-order valence-corrected chi connectivity index (χ3v) is 10.1. The first-order chi connectivity index (χ1) is 14.6. The summed E-state index contributed by atoms with van der Waals surface area (Å²) >= 11 is 0. The first kappa shape index (κ1) is 21.3. The molecule has 0 aromatic heterocycles. The van der Waals surface area contributed by atoms with Crippen LogP contribution < -0.4 is 10.6 Å². The average Bonchev–Trinajstić information content (AvgIpc) is 2.78. The zero-order chi connectivity index (χ0) is 20.9. The second kappa shape index (κ2) is 9.93. The van der Waals surface area contributed by atoms with E-state index in [0.717, 1.165) is 23.7 Å². The summed E-state index contributed by atoms with van der Waals surface area (Å²) in [6, 6.07) is 31.6. The molecule has 0 N–H and O–H groups in total. The molecule has 3 aromatic rings. The highest BCUT2D eigenvalue weighted by molar-refractivity contribution is 7.73. The van der Waals surface area contributed by atoms with Crippen LogP contribution in [0.25, 0.3) is 11.1 Å². The van der Waals surface area contributed by atoms with Crippen LogP contribution in [-0.4, -0.2) is 6.16 Å². The topological polar surface area (TPSA) is 0 Å². The number of hydrogen-bond acceptors (Lipinski definition) is 0. The van der Waals surface area contributed by atoms with Crippen LogP contribution in [0, 0.1) is 23.7 Å². The molecule has 4 atom stereocenters. The van der Waals surface area contributed by atoms with E-state index in [1.54, 1.807) is 10.6 Å². The van der Waals surface area contributed by atoms with Crippen molar-refractivity contribution < 1.29 is 0 Å². The Balaban J connectivity index is 1.76. The number of benzene rings is 3. The Hall–Kier alpha value is -1.91. The lowest BCUT2D eigenvalue weighted by Crippen LogP contribution is -2.32. The zero-order valence-corrected chi connectivity index (χ0v) is 19.7. The van der Waals surface area contributed by atoms with Crippen LogP contribution in [0.5, 0.6) is 0 Å². The van der Waals surface area contributed by atoms with Gasteiger partial charge in [0.05, 0.1) is 19.4 Å². The minimum atomic E-state index is -0.864. The molecular formula is C29H36P+. The van der Waals surface area contributed by atoms with Crippen LogP contribution >= 0.6 is 7.92 Å². The fourth-order valence-corrected chi connectivity index (χ4v) is 8.74. The van der Waals surface area contributed by atoms with E-state index in [-0.39, 0.29) is 0 Å². The fourth-order valence-electron chi connectivity index (χ4n) is 5.54. The first-order valence-corrected chi connectivity index (χ1v) is 13.4. The maximum Gasteiger partial charge on any atom is 0.104 e. The Bertz CT molecular complexity index is 915. The monoisotopic (exact) mass is 415 g/mol. The molecule has 156 valence electrons. The van der Waals surface area contributed by atoms with Gasteiger partial charge in [0.25, 0.3) is 0 Å². The van der Waals surface area contributed by atoms with E-state index in [2.05, 4.69) is 106 Å². The van der Waals surface area contributed by atoms with Crippen LogP contribution in [0.2, 0.25) is 0 Å². The van der Waals surface area contributed by atoms with Gasteiger partial charge in [-0.25, -0.2) is 0 Å². The summed E-state index contributed by atoms with van der Waals surface area (Å²) in [6.45, 7) is 7.36. The highest BCUT2D eigenvalue weighted by Crippen LogP contribution is 2.47. The molecule has 30 heavy (non-hydrogen) atoms. The van der Waals surface area contributed by atoms with Crippen molar-refractivity contribution >= 4 is 18.5 Å². The molecule has 1 heteroatoms.